The molecule has 1 aromatic carbocycles. The zero-order valence-electron chi connectivity index (χ0n) is 10.8. The zero-order valence-corrected chi connectivity index (χ0v) is 10.8. The van der Waals surface area contributed by atoms with Crippen molar-refractivity contribution in [2.45, 2.75) is 38.8 Å². The molecular weight excluding hydrogens is 214 g/mol. The van der Waals surface area contributed by atoms with Crippen LogP contribution in [-0.2, 0) is 9.53 Å². The Bertz CT molecular complexity index is 337. The number of carbonyl (C=O) groups excluding carboxylic acids is 1. The van der Waals surface area contributed by atoms with Crippen molar-refractivity contribution in [3.05, 3.63) is 35.9 Å². The van der Waals surface area contributed by atoms with Gasteiger partial charge in [-0.05, 0) is 18.9 Å². The molecule has 3 heteroatoms. The summed E-state index contributed by atoms with van der Waals surface area (Å²) in [5, 5.41) is 3.31. The van der Waals surface area contributed by atoms with E-state index in [2.05, 4.69) is 24.4 Å². The van der Waals surface area contributed by atoms with Crippen molar-refractivity contribution in [3.63, 3.8) is 0 Å². The van der Waals surface area contributed by atoms with Crippen LogP contribution in [0.15, 0.2) is 30.3 Å². The van der Waals surface area contributed by atoms with Gasteiger partial charge in [0, 0.05) is 6.04 Å². The van der Waals surface area contributed by atoms with E-state index in [0.29, 0.717) is 0 Å². The molecule has 0 aromatic heterocycles. The van der Waals surface area contributed by atoms with Gasteiger partial charge in [-0.3, -0.25) is 10.1 Å². The van der Waals surface area contributed by atoms with Crippen molar-refractivity contribution >= 4 is 5.97 Å². The van der Waals surface area contributed by atoms with Gasteiger partial charge in [0.1, 0.15) is 6.04 Å². The molecule has 1 rings (SSSR count). The highest BCUT2D eigenvalue weighted by atomic mass is 16.5. The molecule has 0 saturated heterocycles. The van der Waals surface area contributed by atoms with E-state index in [1.807, 2.05) is 25.1 Å². The molecule has 0 amide bonds. The number of benzene rings is 1. The van der Waals surface area contributed by atoms with Gasteiger partial charge >= 0.3 is 5.97 Å². The van der Waals surface area contributed by atoms with Crippen molar-refractivity contribution in [1.29, 1.82) is 0 Å². The van der Waals surface area contributed by atoms with Crippen molar-refractivity contribution < 1.29 is 9.53 Å². The van der Waals surface area contributed by atoms with Crippen LogP contribution in [0.5, 0.6) is 0 Å². The average Bonchev–Trinajstić information content (AvgIpc) is 2.38. The highest BCUT2D eigenvalue weighted by Crippen LogP contribution is 2.18. The van der Waals surface area contributed by atoms with Gasteiger partial charge < -0.3 is 4.74 Å². The van der Waals surface area contributed by atoms with Gasteiger partial charge in [-0.15, -0.1) is 0 Å². The summed E-state index contributed by atoms with van der Waals surface area (Å²) in [4.78, 5) is 11.4. The molecule has 0 radical (unpaired) electrons. The van der Waals surface area contributed by atoms with Crippen LogP contribution in [0.3, 0.4) is 0 Å². The molecule has 0 bridgehead atoms. The van der Waals surface area contributed by atoms with E-state index < -0.39 is 0 Å². The maximum atomic E-state index is 11.4. The lowest BCUT2D eigenvalue weighted by molar-refractivity contribution is -0.142. The van der Waals surface area contributed by atoms with Crippen LogP contribution in [-0.4, -0.2) is 19.1 Å². The molecule has 3 nitrogen and oxygen atoms in total. The number of carbonyl (C=O) groups is 1. The highest BCUT2D eigenvalue weighted by Gasteiger charge is 2.18. The van der Waals surface area contributed by atoms with E-state index in [1.165, 1.54) is 12.7 Å². The van der Waals surface area contributed by atoms with Gasteiger partial charge in [0.15, 0.2) is 0 Å². The van der Waals surface area contributed by atoms with Crippen LogP contribution in [0, 0.1) is 0 Å². The van der Waals surface area contributed by atoms with Crippen LogP contribution in [0.1, 0.15) is 38.3 Å². The SMILES string of the molecule is CCCC(NC(C)C(=O)OC)c1ccccc1. The Morgan fingerprint density at radius 3 is 2.53 bits per heavy atom. The summed E-state index contributed by atoms with van der Waals surface area (Å²) >= 11 is 0. The summed E-state index contributed by atoms with van der Waals surface area (Å²) in [6, 6.07) is 10.1. The molecular formula is C14H21NO2. The molecule has 2 atom stereocenters. The normalized spacial score (nSPS) is 14.1. The van der Waals surface area contributed by atoms with Crippen LogP contribution in [0.25, 0.3) is 0 Å². The van der Waals surface area contributed by atoms with Gasteiger partial charge in [0.25, 0.3) is 0 Å². The minimum absolute atomic E-state index is 0.204. The van der Waals surface area contributed by atoms with E-state index >= 15 is 0 Å². The van der Waals surface area contributed by atoms with Crippen LogP contribution in [0.2, 0.25) is 0 Å². The molecule has 17 heavy (non-hydrogen) atoms. The number of rotatable bonds is 6. The third kappa shape index (κ3) is 4.19. The van der Waals surface area contributed by atoms with Crippen molar-refractivity contribution in [2.24, 2.45) is 0 Å². The first-order valence-electron chi connectivity index (χ1n) is 6.07. The number of nitrogens with one attached hydrogen (secondary N) is 1. The first-order chi connectivity index (χ1) is 8.19. The Hall–Kier alpha value is -1.35. The number of esters is 1. The fourth-order valence-corrected chi connectivity index (χ4v) is 1.87. The van der Waals surface area contributed by atoms with Gasteiger partial charge in [-0.1, -0.05) is 43.7 Å². The molecule has 2 unspecified atom stereocenters. The topological polar surface area (TPSA) is 38.3 Å². The van der Waals surface area contributed by atoms with Crippen molar-refractivity contribution in [2.75, 3.05) is 7.11 Å². The molecule has 0 spiro atoms. The van der Waals surface area contributed by atoms with Gasteiger partial charge in [0.2, 0.25) is 0 Å². The largest absolute Gasteiger partial charge is 0.468 e. The summed E-state index contributed by atoms with van der Waals surface area (Å²) in [5.74, 6) is -0.220. The molecule has 0 heterocycles. The van der Waals surface area contributed by atoms with Crippen LogP contribution in [0.4, 0.5) is 0 Å². The highest BCUT2D eigenvalue weighted by molar-refractivity contribution is 5.75. The Labute approximate surface area is 103 Å². The Balaban J connectivity index is 2.70. The maximum Gasteiger partial charge on any atom is 0.322 e. The molecule has 0 saturated carbocycles. The molecule has 0 aliphatic heterocycles. The van der Waals surface area contributed by atoms with E-state index in [0.717, 1.165) is 12.8 Å². The number of hydrogen-bond donors (Lipinski definition) is 1. The quantitative estimate of drug-likeness (QED) is 0.770. The first-order valence-corrected chi connectivity index (χ1v) is 6.07. The molecule has 0 aliphatic rings. The lowest BCUT2D eigenvalue weighted by Gasteiger charge is -2.22. The summed E-state index contributed by atoms with van der Waals surface area (Å²) in [6.07, 6.45) is 2.08. The van der Waals surface area contributed by atoms with Gasteiger partial charge in [-0.25, -0.2) is 0 Å². The van der Waals surface area contributed by atoms with E-state index in [4.69, 9.17) is 4.74 Å². The van der Waals surface area contributed by atoms with Crippen LogP contribution < -0.4 is 5.32 Å². The number of methoxy groups -OCH3 is 1. The first kappa shape index (κ1) is 13.7. The van der Waals surface area contributed by atoms with Gasteiger partial charge in [-0.2, -0.15) is 0 Å². The molecule has 1 aromatic rings. The van der Waals surface area contributed by atoms with E-state index in [9.17, 15) is 4.79 Å². The minimum Gasteiger partial charge on any atom is -0.468 e. The predicted octanol–water partition coefficient (Wildman–Crippen LogP) is 2.68. The van der Waals surface area contributed by atoms with Crippen molar-refractivity contribution in [3.8, 4) is 0 Å². The summed E-state index contributed by atoms with van der Waals surface area (Å²) in [7, 11) is 1.41. The molecule has 0 aliphatic carbocycles. The second-order valence-corrected chi connectivity index (χ2v) is 4.16. The fraction of sp³-hybridized carbons (Fsp3) is 0.500. The number of hydrogen-bond acceptors (Lipinski definition) is 3. The predicted molar refractivity (Wildman–Crippen MR) is 68.7 cm³/mol. The average molecular weight is 235 g/mol. The second-order valence-electron chi connectivity index (χ2n) is 4.16. The third-order valence-corrected chi connectivity index (χ3v) is 2.79. The standard InChI is InChI=1S/C14H21NO2/c1-4-8-13(12-9-6-5-7-10-12)15-11(2)14(16)17-3/h5-7,9-11,13,15H,4,8H2,1-3H3. The molecule has 1 N–H and O–H groups in total. The minimum atomic E-state index is -0.281. The van der Waals surface area contributed by atoms with Gasteiger partial charge in [0.05, 0.1) is 7.11 Å². The van der Waals surface area contributed by atoms with E-state index in [1.54, 1.807) is 0 Å². The maximum absolute atomic E-state index is 11.4. The lowest BCUT2D eigenvalue weighted by atomic mass is 10.0. The number of ether oxygens (including phenoxy) is 1. The third-order valence-electron chi connectivity index (χ3n) is 2.79. The van der Waals surface area contributed by atoms with Crippen LogP contribution >= 0.6 is 0 Å². The molecule has 0 fully saturated rings. The lowest BCUT2D eigenvalue weighted by Crippen LogP contribution is -2.37. The molecule has 94 valence electrons. The Morgan fingerprint density at radius 2 is 2.00 bits per heavy atom. The smallest absolute Gasteiger partial charge is 0.322 e. The second kappa shape index (κ2) is 7.07. The monoisotopic (exact) mass is 235 g/mol. The Kier molecular flexibility index (Phi) is 5.70. The summed E-state index contributed by atoms with van der Waals surface area (Å²) in [6.45, 7) is 3.97. The summed E-state index contributed by atoms with van der Waals surface area (Å²) in [5.41, 5.74) is 1.21. The summed E-state index contributed by atoms with van der Waals surface area (Å²) < 4.78 is 4.73. The zero-order chi connectivity index (χ0) is 12.7. The Morgan fingerprint density at radius 1 is 1.35 bits per heavy atom. The van der Waals surface area contributed by atoms with E-state index in [-0.39, 0.29) is 18.1 Å². The fourth-order valence-electron chi connectivity index (χ4n) is 1.87. The van der Waals surface area contributed by atoms with Crippen molar-refractivity contribution in [1.82, 2.24) is 5.32 Å².